The summed E-state index contributed by atoms with van der Waals surface area (Å²) < 4.78 is 0. The van der Waals surface area contributed by atoms with Crippen LogP contribution in [0, 0.1) is 18.8 Å². The highest BCUT2D eigenvalue weighted by atomic mass is 32.2. The Balaban J connectivity index is 1.38. The SMILES string of the molecule is CCCNC(=O)C1CCC(CN2C(=O)C3SC=CC3N(CC(=O)Nc3cccc(C)c3)C2=O)CC1. The molecule has 1 aromatic rings. The van der Waals surface area contributed by atoms with Gasteiger partial charge in [0.1, 0.15) is 11.8 Å². The Labute approximate surface area is 210 Å². The van der Waals surface area contributed by atoms with Crippen LogP contribution in [-0.2, 0) is 14.4 Å². The van der Waals surface area contributed by atoms with E-state index in [1.165, 1.54) is 21.6 Å². The first-order valence-electron chi connectivity index (χ1n) is 12.5. The quantitative estimate of drug-likeness (QED) is 0.571. The van der Waals surface area contributed by atoms with Gasteiger partial charge < -0.3 is 15.5 Å². The van der Waals surface area contributed by atoms with E-state index in [0.717, 1.165) is 37.7 Å². The number of imide groups is 1. The molecule has 2 aliphatic heterocycles. The molecule has 2 N–H and O–H groups in total. The van der Waals surface area contributed by atoms with Crippen LogP contribution in [0.4, 0.5) is 10.5 Å². The summed E-state index contributed by atoms with van der Waals surface area (Å²) in [5.74, 6) is -0.199. The summed E-state index contributed by atoms with van der Waals surface area (Å²) >= 11 is 1.40. The third kappa shape index (κ3) is 5.89. The lowest BCUT2D eigenvalue weighted by Gasteiger charge is -2.42. The summed E-state index contributed by atoms with van der Waals surface area (Å²) in [6.45, 7) is 4.89. The second-order valence-electron chi connectivity index (χ2n) is 9.66. The van der Waals surface area contributed by atoms with Gasteiger partial charge in [-0.1, -0.05) is 25.1 Å². The van der Waals surface area contributed by atoms with Gasteiger partial charge in [-0.3, -0.25) is 19.3 Å². The van der Waals surface area contributed by atoms with Crippen LogP contribution in [-0.4, -0.2) is 64.5 Å². The minimum Gasteiger partial charge on any atom is -0.356 e. The molecule has 0 bridgehead atoms. The van der Waals surface area contributed by atoms with E-state index in [-0.39, 0.29) is 36.1 Å². The molecule has 0 spiro atoms. The molecule has 2 fully saturated rings. The van der Waals surface area contributed by atoms with Crippen LogP contribution < -0.4 is 10.6 Å². The Morgan fingerprint density at radius 2 is 1.91 bits per heavy atom. The number of carbonyl (C=O) groups is 4. The minimum atomic E-state index is -0.421. The molecule has 0 radical (unpaired) electrons. The molecule has 1 aromatic carbocycles. The van der Waals surface area contributed by atoms with Crippen LogP contribution in [0.5, 0.6) is 0 Å². The largest absolute Gasteiger partial charge is 0.356 e. The Morgan fingerprint density at radius 1 is 1.14 bits per heavy atom. The number of hydrogen-bond donors (Lipinski definition) is 2. The molecular weight excluding hydrogens is 464 g/mol. The van der Waals surface area contributed by atoms with Gasteiger partial charge in [-0.05, 0) is 68.0 Å². The Bertz CT molecular complexity index is 1000. The van der Waals surface area contributed by atoms with Crippen LogP contribution in [0.15, 0.2) is 35.7 Å². The van der Waals surface area contributed by atoms with Crippen molar-refractivity contribution in [3.05, 3.63) is 41.3 Å². The van der Waals surface area contributed by atoms with Gasteiger partial charge in [0.05, 0.1) is 6.04 Å². The third-order valence-corrected chi connectivity index (χ3v) is 8.07. The van der Waals surface area contributed by atoms with Crippen molar-refractivity contribution in [2.45, 2.75) is 57.2 Å². The molecule has 4 rings (SSSR count). The fourth-order valence-corrected chi connectivity index (χ4v) is 6.13. The fourth-order valence-electron chi connectivity index (χ4n) is 5.07. The zero-order valence-electron chi connectivity index (χ0n) is 20.4. The van der Waals surface area contributed by atoms with Crippen LogP contribution in [0.3, 0.4) is 0 Å². The number of nitrogens with one attached hydrogen (secondary N) is 2. The number of rotatable bonds is 8. The van der Waals surface area contributed by atoms with Crippen molar-refractivity contribution < 1.29 is 19.2 Å². The molecule has 1 aliphatic carbocycles. The summed E-state index contributed by atoms with van der Waals surface area (Å²) in [5, 5.41) is 7.26. The summed E-state index contributed by atoms with van der Waals surface area (Å²) in [4.78, 5) is 54.6. The van der Waals surface area contributed by atoms with Gasteiger partial charge in [-0.25, -0.2) is 4.79 Å². The maximum atomic E-state index is 13.4. The smallest absolute Gasteiger partial charge is 0.327 e. The summed E-state index contributed by atoms with van der Waals surface area (Å²) in [6, 6.07) is 6.67. The molecule has 35 heavy (non-hydrogen) atoms. The first-order valence-corrected chi connectivity index (χ1v) is 13.4. The first-order chi connectivity index (χ1) is 16.9. The van der Waals surface area contributed by atoms with E-state index < -0.39 is 17.3 Å². The number of nitrogens with zero attached hydrogens (tertiary/aromatic N) is 2. The van der Waals surface area contributed by atoms with E-state index in [0.29, 0.717) is 18.8 Å². The predicted molar refractivity (Wildman–Crippen MR) is 137 cm³/mol. The van der Waals surface area contributed by atoms with Crippen LogP contribution in [0.2, 0.25) is 0 Å². The van der Waals surface area contributed by atoms with E-state index in [2.05, 4.69) is 10.6 Å². The third-order valence-electron chi connectivity index (χ3n) is 6.98. The number of amides is 5. The predicted octanol–water partition coefficient (Wildman–Crippen LogP) is 3.53. The highest BCUT2D eigenvalue weighted by Crippen LogP contribution is 2.36. The van der Waals surface area contributed by atoms with Crippen molar-refractivity contribution >= 4 is 41.2 Å². The molecule has 0 aromatic heterocycles. The van der Waals surface area contributed by atoms with Gasteiger partial charge in [0.2, 0.25) is 17.7 Å². The summed E-state index contributed by atoms with van der Waals surface area (Å²) in [6.07, 6.45) is 5.88. The second-order valence-corrected chi connectivity index (χ2v) is 10.7. The minimum absolute atomic E-state index is 0.00587. The number of urea groups is 1. The summed E-state index contributed by atoms with van der Waals surface area (Å²) in [7, 11) is 0. The van der Waals surface area contributed by atoms with E-state index in [9.17, 15) is 19.2 Å². The van der Waals surface area contributed by atoms with Gasteiger partial charge in [0, 0.05) is 24.7 Å². The Morgan fingerprint density at radius 3 is 2.63 bits per heavy atom. The molecule has 8 nitrogen and oxygen atoms in total. The van der Waals surface area contributed by atoms with E-state index in [1.807, 2.05) is 49.6 Å². The van der Waals surface area contributed by atoms with Gasteiger partial charge in [0.25, 0.3) is 0 Å². The van der Waals surface area contributed by atoms with E-state index in [4.69, 9.17) is 0 Å². The zero-order chi connectivity index (χ0) is 24.9. The second kappa shape index (κ2) is 11.3. The number of hydrogen-bond acceptors (Lipinski definition) is 5. The average molecular weight is 499 g/mol. The van der Waals surface area contributed by atoms with Gasteiger partial charge in [-0.15, -0.1) is 11.8 Å². The average Bonchev–Trinajstić information content (AvgIpc) is 3.33. The lowest BCUT2D eigenvalue weighted by molar-refractivity contribution is -0.133. The fraction of sp³-hybridized carbons (Fsp3) is 0.538. The number of benzene rings is 1. The van der Waals surface area contributed by atoms with Crippen molar-refractivity contribution in [2.75, 3.05) is 25.0 Å². The van der Waals surface area contributed by atoms with Crippen LogP contribution in [0.1, 0.15) is 44.6 Å². The molecular formula is C26H34N4O4S. The Kier molecular flexibility index (Phi) is 8.15. The van der Waals surface area contributed by atoms with Crippen molar-refractivity contribution in [1.82, 2.24) is 15.1 Å². The van der Waals surface area contributed by atoms with Crippen molar-refractivity contribution in [3.63, 3.8) is 0 Å². The number of anilines is 1. The van der Waals surface area contributed by atoms with Crippen molar-refractivity contribution in [2.24, 2.45) is 11.8 Å². The van der Waals surface area contributed by atoms with Gasteiger partial charge in [-0.2, -0.15) is 0 Å². The van der Waals surface area contributed by atoms with Crippen LogP contribution in [0.25, 0.3) is 0 Å². The molecule has 3 aliphatic rings. The molecule has 188 valence electrons. The van der Waals surface area contributed by atoms with E-state index >= 15 is 0 Å². The monoisotopic (exact) mass is 498 g/mol. The summed E-state index contributed by atoms with van der Waals surface area (Å²) in [5.41, 5.74) is 1.71. The molecule has 9 heteroatoms. The standard InChI is InChI=1S/C26H34N4O4S/c1-3-12-27-24(32)19-9-7-18(8-10-19)15-30-25(33)23-21(11-13-35-23)29(26(30)34)16-22(31)28-20-6-4-5-17(2)14-20/h4-6,11,13-14,18-19,21,23H,3,7-10,12,15-16H2,1-2H3,(H,27,32)(H,28,31). The maximum Gasteiger partial charge on any atom is 0.327 e. The Hall–Kier alpha value is -2.81. The molecule has 1 saturated heterocycles. The lowest BCUT2D eigenvalue weighted by atomic mass is 9.81. The van der Waals surface area contributed by atoms with Gasteiger partial charge >= 0.3 is 6.03 Å². The van der Waals surface area contributed by atoms with Crippen LogP contribution >= 0.6 is 11.8 Å². The molecule has 2 atom stereocenters. The number of aryl methyl sites for hydroxylation is 1. The molecule has 2 unspecified atom stereocenters. The number of fused-ring (bicyclic) bond motifs is 1. The molecule has 1 saturated carbocycles. The van der Waals surface area contributed by atoms with Gasteiger partial charge in [0.15, 0.2) is 0 Å². The highest BCUT2D eigenvalue weighted by Gasteiger charge is 2.48. The first kappa shape index (κ1) is 25.3. The molecule has 5 amide bonds. The number of carbonyl (C=O) groups excluding carboxylic acids is 4. The van der Waals surface area contributed by atoms with Crippen molar-refractivity contribution in [3.8, 4) is 0 Å². The normalized spacial score (nSPS) is 26.0. The lowest BCUT2D eigenvalue weighted by Crippen LogP contribution is -2.63. The topological polar surface area (TPSA) is 98.8 Å². The zero-order valence-corrected chi connectivity index (χ0v) is 21.2. The van der Waals surface area contributed by atoms with E-state index in [1.54, 1.807) is 0 Å². The maximum absolute atomic E-state index is 13.4. The van der Waals surface area contributed by atoms with Crippen molar-refractivity contribution in [1.29, 1.82) is 0 Å². The molecule has 2 heterocycles. The number of thioether (sulfide) groups is 1. The highest BCUT2D eigenvalue weighted by molar-refractivity contribution is 8.03.